The minimum Gasteiger partial charge on any atom is -0.159 e. The molecule has 1 aromatic heterocycles. The Kier molecular flexibility index (Phi) is 2.88. The lowest BCUT2D eigenvalue weighted by Crippen LogP contribution is -1.82. The van der Waals surface area contributed by atoms with Crippen LogP contribution in [0.2, 0.25) is 0 Å². The molecule has 74 valence electrons. The molecule has 1 aromatic carbocycles. The van der Waals surface area contributed by atoms with Crippen molar-refractivity contribution < 1.29 is 0 Å². The van der Waals surface area contributed by atoms with Gasteiger partial charge in [0.05, 0.1) is 5.69 Å². The van der Waals surface area contributed by atoms with E-state index in [0.717, 1.165) is 5.69 Å². The zero-order valence-corrected chi connectivity index (χ0v) is 8.59. The molecular formula is C13H12N2. The molecule has 0 amide bonds. The summed E-state index contributed by atoms with van der Waals surface area (Å²) in [4.78, 5) is 0. The molecule has 0 atom stereocenters. The Morgan fingerprint density at radius 1 is 1.00 bits per heavy atom. The standard InChI is InChI=1S/C13H12N2/c1-11-4-6-12(7-5-11)8-9-13-3-2-10-14-15-13/h2-10H,1H3/b9-8+. The first kappa shape index (κ1) is 9.59. The van der Waals surface area contributed by atoms with Crippen molar-refractivity contribution in [1.82, 2.24) is 10.2 Å². The Morgan fingerprint density at radius 3 is 2.47 bits per heavy atom. The van der Waals surface area contributed by atoms with Gasteiger partial charge in [-0.15, -0.1) is 0 Å². The van der Waals surface area contributed by atoms with E-state index in [-0.39, 0.29) is 0 Å². The lowest BCUT2D eigenvalue weighted by atomic mass is 10.1. The highest BCUT2D eigenvalue weighted by Gasteiger charge is 1.88. The first-order chi connectivity index (χ1) is 7.34. The van der Waals surface area contributed by atoms with E-state index < -0.39 is 0 Å². The highest BCUT2D eigenvalue weighted by atomic mass is 15.1. The first-order valence-electron chi connectivity index (χ1n) is 4.87. The number of benzene rings is 1. The normalized spacial score (nSPS) is 10.7. The molecule has 1 heterocycles. The summed E-state index contributed by atoms with van der Waals surface area (Å²) in [5.41, 5.74) is 3.32. The highest BCUT2D eigenvalue weighted by Crippen LogP contribution is 2.07. The van der Waals surface area contributed by atoms with Gasteiger partial charge in [-0.05, 0) is 30.7 Å². The molecule has 0 unspecified atom stereocenters. The van der Waals surface area contributed by atoms with Crippen LogP contribution >= 0.6 is 0 Å². The van der Waals surface area contributed by atoms with Crippen molar-refractivity contribution in [1.29, 1.82) is 0 Å². The van der Waals surface area contributed by atoms with Crippen LogP contribution in [-0.4, -0.2) is 10.2 Å². The van der Waals surface area contributed by atoms with E-state index >= 15 is 0 Å². The second-order valence-electron chi connectivity index (χ2n) is 3.39. The summed E-state index contributed by atoms with van der Waals surface area (Å²) in [6.45, 7) is 2.08. The number of hydrogen-bond donors (Lipinski definition) is 0. The number of hydrogen-bond acceptors (Lipinski definition) is 2. The topological polar surface area (TPSA) is 25.8 Å². The van der Waals surface area contributed by atoms with Crippen molar-refractivity contribution in [2.45, 2.75) is 6.92 Å². The van der Waals surface area contributed by atoms with E-state index in [0.29, 0.717) is 0 Å². The van der Waals surface area contributed by atoms with Crippen molar-refractivity contribution in [3.63, 3.8) is 0 Å². The molecule has 0 fully saturated rings. The Balaban J connectivity index is 2.15. The predicted octanol–water partition coefficient (Wildman–Crippen LogP) is 2.96. The molecule has 0 saturated heterocycles. The van der Waals surface area contributed by atoms with Gasteiger partial charge in [0, 0.05) is 6.20 Å². The molecule has 0 spiro atoms. The Morgan fingerprint density at radius 2 is 1.80 bits per heavy atom. The SMILES string of the molecule is Cc1ccc(/C=C/c2cccnn2)cc1. The second kappa shape index (κ2) is 4.51. The molecule has 15 heavy (non-hydrogen) atoms. The predicted molar refractivity (Wildman–Crippen MR) is 62.1 cm³/mol. The third-order valence-corrected chi connectivity index (χ3v) is 2.12. The van der Waals surface area contributed by atoms with Crippen LogP contribution in [0.5, 0.6) is 0 Å². The smallest absolute Gasteiger partial charge is 0.0857 e. The largest absolute Gasteiger partial charge is 0.159 e. The number of rotatable bonds is 2. The van der Waals surface area contributed by atoms with Gasteiger partial charge < -0.3 is 0 Å². The Hall–Kier alpha value is -1.96. The minimum atomic E-state index is 0.873. The lowest BCUT2D eigenvalue weighted by molar-refractivity contribution is 1.02. The van der Waals surface area contributed by atoms with Gasteiger partial charge in [-0.3, -0.25) is 0 Å². The van der Waals surface area contributed by atoms with Crippen molar-refractivity contribution >= 4 is 12.2 Å². The molecule has 0 aliphatic rings. The molecule has 2 aromatic rings. The molecule has 0 bridgehead atoms. The zero-order valence-electron chi connectivity index (χ0n) is 8.59. The zero-order chi connectivity index (χ0) is 10.5. The molecule has 0 N–H and O–H groups in total. The van der Waals surface area contributed by atoms with Gasteiger partial charge in [-0.1, -0.05) is 35.9 Å². The van der Waals surface area contributed by atoms with Crippen LogP contribution in [0.3, 0.4) is 0 Å². The maximum Gasteiger partial charge on any atom is 0.0857 e. The van der Waals surface area contributed by atoms with E-state index in [1.54, 1.807) is 6.20 Å². The van der Waals surface area contributed by atoms with Gasteiger partial charge in [0.2, 0.25) is 0 Å². The van der Waals surface area contributed by atoms with Crippen LogP contribution in [0.15, 0.2) is 42.6 Å². The molecular weight excluding hydrogens is 184 g/mol. The third-order valence-electron chi connectivity index (χ3n) is 2.12. The van der Waals surface area contributed by atoms with Crippen molar-refractivity contribution in [3.05, 3.63) is 59.4 Å². The molecule has 0 aliphatic heterocycles. The summed E-state index contributed by atoms with van der Waals surface area (Å²) in [7, 11) is 0. The maximum absolute atomic E-state index is 3.97. The molecule has 2 rings (SSSR count). The van der Waals surface area contributed by atoms with E-state index in [1.807, 2.05) is 24.3 Å². The quantitative estimate of drug-likeness (QED) is 0.738. The fourth-order valence-corrected chi connectivity index (χ4v) is 1.26. The fraction of sp³-hybridized carbons (Fsp3) is 0.0769. The third kappa shape index (κ3) is 2.74. The lowest BCUT2D eigenvalue weighted by Gasteiger charge is -1.94. The number of aromatic nitrogens is 2. The summed E-state index contributed by atoms with van der Waals surface area (Å²) < 4.78 is 0. The maximum atomic E-state index is 3.97. The van der Waals surface area contributed by atoms with Gasteiger partial charge >= 0.3 is 0 Å². The first-order valence-corrected chi connectivity index (χ1v) is 4.87. The van der Waals surface area contributed by atoms with Crippen LogP contribution in [0.25, 0.3) is 12.2 Å². The van der Waals surface area contributed by atoms with E-state index in [4.69, 9.17) is 0 Å². The van der Waals surface area contributed by atoms with E-state index in [1.165, 1.54) is 11.1 Å². The highest BCUT2D eigenvalue weighted by molar-refractivity contribution is 5.67. The second-order valence-corrected chi connectivity index (χ2v) is 3.39. The van der Waals surface area contributed by atoms with Crippen LogP contribution in [-0.2, 0) is 0 Å². The summed E-state index contributed by atoms with van der Waals surface area (Å²) in [5.74, 6) is 0. The van der Waals surface area contributed by atoms with Gasteiger partial charge in [0.25, 0.3) is 0 Å². The monoisotopic (exact) mass is 196 g/mol. The van der Waals surface area contributed by atoms with E-state index in [9.17, 15) is 0 Å². The van der Waals surface area contributed by atoms with E-state index in [2.05, 4.69) is 41.4 Å². The summed E-state index contributed by atoms with van der Waals surface area (Å²) in [6.07, 6.45) is 5.66. The minimum absolute atomic E-state index is 0.873. The average molecular weight is 196 g/mol. The van der Waals surface area contributed by atoms with Crippen molar-refractivity contribution in [2.75, 3.05) is 0 Å². The van der Waals surface area contributed by atoms with Crippen molar-refractivity contribution in [2.24, 2.45) is 0 Å². The molecule has 0 radical (unpaired) electrons. The van der Waals surface area contributed by atoms with Crippen LogP contribution in [0.1, 0.15) is 16.8 Å². The molecule has 0 saturated carbocycles. The summed E-state index contributed by atoms with van der Waals surface area (Å²) in [5, 5.41) is 7.78. The Labute approximate surface area is 89.3 Å². The summed E-state index contributed by atoms with van der Waals surface area (Å²) >= 11 is 0. The van der Waals surface area contributed by atoms with Gasteiger partial charge in [-0.2, -0.15) is 10.2 Å². The molecule has 2 nitrogen and oxygen atoms in total. The summed E-state index contributed by atoms with van der Waals surface area (Å²) in [6, 6.07) is 12.2. The van der Waals surface area contributed by atoms with Crippen LogP contribution in [0, 0.1) is 6.92 Å². The van der Waals surface area contributed by atoms with Gasteiger partial charge in [-0.25, -0.2) is 0 Å². The van der Waals surface area contributed by atoms with Gasteiger partial charge in [0.15, 0.2) is 0 Å². The molecule has 0 aliphatic carbocycles. The van der Waals surface area contributed by atoms with Crippen LogP contribution in [0.4, 0.5) is 0 Å². The fourth-order valence-electron chi connectivity index (χ4n) is 1.26. The Bertz CT molecular complexity index is 444. The number of aryl methyl sites for hydroxylation is 1. The molecule has 2 heteroatoms. The number of nitrogens with zero attached hydrogens (tertiary/aromatic N) is 2. The average Bonchev–Trinajstić information content (AvgIpc) is 2.30. The van der Waals surface area contributed by atoms with Crippen molar-refractivity contribution in [3.8, 4) is 0 Å². The van der Waals surface area contributed by atoms with Crippen LogP contribution < -0.4 is 0 Å². The van der Waals surface area contributed by atoms with Gasteiger partial charge in [0.1, 0.15) is 0 Å².